The highest BCUT2D eigenvalue weighted by atomic mass is 19.4. The van der Waals surface area contributed by atoms with E-state index in [4.69, 9.17) is 4.74 Å². The molecule has 204 valence electrons. The molecule has 1 amide bonds. The molecule has 0 aliphatic rings. The lowest BCUT2D eigenvalue weighted by Crippen LogP contribution is -2.10. The monoisotopic (exact) mass is 552 g/mol. The summed E-state index contributed by atoms with van der Waals surface area (Å²) in [5.74, 6) is -0.571. The Hall–Kier alpha value is -5.14. The van der Waals surface area contributed by atoms with Gasteiger partial charge in [-0.2, -0.15) is 13.2 Å². The minimum absolute atomic E-state index is 0.00608. The van der Waals surface area contributed by atoms with E-state index in [0.29, 0.717) is 12.3 Å². The van der Waals surface area contributed by atoms with Gasteiger partial charge in [-0.15, -0.1) is 0 Å². The van der Waals surface area contributed by atoms with Gasteiger partial charge in [0.15, 0.2) is 28.6 Å². The van der Waals surface area contributed by atoms with E-state index < -0.39 is 23.6 Å². The molecule has 10 nitrogen and oxygen atoms in total. The molecule has 0 radical (unpaired) electrons. The summed E-state index contributed by atoms with van der Waals surface area (Å²) in [6, 6.07) is 11.9. The van der Waals surface area contributed by atoms with E-state index >= 15 is 0 Å². The molecule has 0 spiro atoms. The first-order valence-corrected chi connectivity index (χ1v) is 11.7. The number of aromatic nitrogens is 6. The third kappa shape index (κ3) is 5.65. The Balaban J connectivity index is 1.63. The maximum absolute atomic E-state index is 14.7. The van der Waals surface area contributed by atoms with Crippen LogP contribution in [0.15, 0.2) is 61.1 Å². The molecular weight excluding hydrogens is 532 g/mol. The lowest BCUT2D eigenvalue weighted by molar-refractivity contribution is -0.141. The van der Waals surface area contributed by atoms with Crippen molar-refractivity contribution in [3.05, 3.63) is 78.1 Å². The summed E-state index contributed by atoms with van der Waals surface area (Å²) >= 11 is 0. The number of carbonyl (C=O) groups is 1. The Kier molecular flexibility index (Phi) is 6.98. The first kappa shape index (κ1) is 26.5. The molecule has 0 fully saturated rings. The largest absolute Gasteiger partial charge is 0.497 e. The van der Waals surface area contributed by atoms with Crippen molar-refractivity contribution >= 4 is 34.4 Å². The van der Waals surface area contributed by atoms with Crippen LogP contribution in [0.5, 0.6) is 5.75 Å². The van der Waals surface area contributed by atoms with E-state index in [1.54, 1.807) is 23.8 Å². The fraction of sp³-hybridized carbons (Fsp3) is 0.154. The van der Waals surface area contributed by atoms with Crippen molar-refractivity contribution in [2.24, 2.45) is 0 Å². The number of rotatable bonds is 7. The molecule has 14 heteroatoms. The summed E-state index contributed by atoms with van der Waals surface area (Å²) in [4.78, 5) is 32.2. The van der Waals surface area contributed by atoms with Crippen LogP contribution in [0.25, 0.3) is 22.7 Å². The van der Waals surface area contributed by atoms with Crippen LogP contribution in [0.2, 0.25) is 0 Å². The predicted octanol–water partition coefficient (Wildman–Crippen LogP) is 5.20. The van der Waals surface area contributed by atoms with Gasteiger partial charge in [0, 0.05) is 13.0 Å². The zero-order chi connectivity index (χ0) is 28.4. The molecule has 4 aromatic heterocycles. The van der Waals surface area contributed by atoms with Crippen LogP contribution < -0.4 is 15.4 Å². The average Bonchev–Trinajstić information content (AvgIpc) is 3.33. The number of nitrogens with zero attached hydrogens (tertiary/aromatic N) is 6. The molecule has 0 bridgehead atoms. The number of hydrogen-bond donors (Lipinski definition) is 2. The van der Waals surface area contributed by atoms with E-state index in [0.717, 1.165) is 17.8 Å². The van der Waals surface area contributed by atoms with E-state index in [2.05, 4.69) is 35.6 Å². The lowest BCUT2D eigenvalue weighted by Gasteiger charge is -2.12. The molecule has 0 aliphatic heterocycles. The number of methoxy groups -OCH3 is 1. The topological polar surface area (TPSA) is 120 Å². The number of amides is 1. The molecule has 2 N–H and O–H groups in total. The number of benzene rings is 1. The van der Waals surface area contributed by atoms with Crippen LogP contribution in [-0.2, 0) is 17.5 Å². The molecule has 5 aromatic rings. The normalized spacial score (nSPS) is 11.4. The molecule has 1 aromatic carbocycles. The van der Waals surface area contributed by atoms with Crippen LogP contribution in [-0.4, -0.2) is 42.5 Å². The summed E-state index contributed by atoms with van der Waals surface area (Å²) in [6.45, 7) is 1.58. The van der Waals surface area contributed by atoms with E-state index in [-0.39, 0.29) is 40.0 Å². The standard InChI is InChI=1S/C26H20F4N8O2/c1-14(39)33-21-10-19(17(27)11-31-21)35-24-22-25(38(13-32-22)12-15-6-8-16(40-2)9-7-15)37-23(36-24)18-4-3-5-20(34-18)26(28,29)30/h3-11,13H,12H2,1-2H3,(H2,31,33,35,36,37,39). The van der Waals surface area contributed by atoms with Crippen LogP contribution >= 0.6 is 0 Å². The van der Waals surface area contributed by atoms with Gasteiger partial charge in [0.2, 0.25) is 5.91 Å². The van der Waals surface area contributed by atoms with Gasteiger partial charge in [-0.1, -0.05) is 18.2 Å². The van der Waals surface area contributed by atoms with Gasteiger partial charge in [0.25, 0.3) is 0 Å². The molecule has 0 aliphatic carbocycles. The molecule has 0 saturated heterocycles. The summed E-state index contributed by atoms with van der Waals surface area (Å²) in [7, 11) is 1.55. The van der Waals surface area contributed by atoms with Crippen LogP contribution in [0.4, 0.5) is 34.9 Å². The van der Waals surface area contributed by atoms with Crippen LogP contribution in [0.1, 0.15) is 18.2 Å². The zero-order valence-electron chi connectivity index (χ0n) is 21.0. The smallest absolute Gasteiger partial charge is 0.433 e. The fourth-order valence-corrected chi connectivity index (χ4v) is 3.82. The minimum Gasteiger partial charge on any atom is -0.497 e. The summed E-state index contributed by atoms with van der Waals surface area (Å²) in [5, 5.41) is 5.27. The number of nitrogens with one attached hydrogen (secondary N) is 2. The van der Waals surface area contributed by atoms with Gasteiger partial charge in [-0.3, -0.25) is 4.79 Å². The van der Waals surface area contributed by atoms with Gasteiger partial charge < -0.3 is 19.9 Å². The van der Waals surface area contributed by atoms with Crippen molar-refractivity contribution in [1.29, 1.82) is 0 Å². The Morgan fingerprint density at radius 3 is 2.52 bits per heavy atom. The van der Waals surface area contributed by atoms with Crippen molar-refractivity contribution in [3.8, 4) is 17.3 Å². The fourth-order valence-electron chi connectivity index (χ4n) is 3.82. The number of ether oxygens (including phenoxy) is 1. The Morgan fingerprint density at radius 1 is 1.05 bits per heavy atom. The number of alkyl halides is 3. The van der Waals surface area contributed by atoms with Crippen LogP contribution in [0.3, 0.4) is 0 Å². The number of pyridine rings is 2. The predicted molar refractivity (Wildman–Crippen MR) is 137 cm³/mol. The van der Waals surface area contributed by atoms with Gasteiger partial charge >= 0.3 is 6.18 Å². The number of imidazole rings is 1. The maximum atomic E-state index is 14.7. The lowest BCUT2D eigenvalue weighted by atomic mass is 10.2. The van der Waals surface area contributed by atoms with Gasteiger partial charge in [0.1, 0.15) is 23.0 Å². The highest BCUT2D eigenvalue weighted by molar-refractivity contribution is 5.89. The second-order valence-electron chi connectivity index (χ2n) is 8.55. The third-order valence-electron chi connectivity index (χ3n) is 5.66. The quantitative estimate of drug-likeness (QED) is 0.265. The van der Waals surface area contributed by atoms with Gasteiger partial charge in [0.05, 0.1) is 31.9 Å². The van der Waals surface area contributed by atoms with Crippen molar-refractivity contribution in [2.75, 3.05) is 17.7 Å². The van der Waals surface area contributed by atoms with E-state index in [1.807, 2.05) is 12.1 Å². The molecule has 0 saturated carbocycles. The average molecular weight is 552 g/mol. The third-order valence-corrected chi connectivity index (χ3v) is 5.66. The highest BCUT2D eigenvalue weighted by Gasteiger charge is 2.33. The Bertz CT molecular complexity index is 1700. The minimum atomic E-state index is -4.68. The molecular formula is C26H20F4N8O2. The van der Waals surface area contributed by atoms with Gasteiger partial charge in [-0.05, 0) is 29.8 Å². The van der Waals surface area contributed by atoms with Gasteiger partial charge in [-0.25, -0.2) is 29.3 Å². The summed E-state index contributed by atoms with van der Waals surface area (Å²) in [5.41, 5.74) is -0.0136. The molecule has 5 rings (SSSR count). The Labute approximate surface area is 224 Å². The first-order valence-electron chi connectivity index (χ1n) is 11.7. The summed E-state index contributed by atoms with van der Waals surface area (Å²) in [6.07, 6.45) is -2.29. The number of halogens is 4. The van der Waals surface area contributed by atoms with Crippen molar-refractivity contribution in [3.63, 3.8) is 0 Å². The first-order chi connectivity index (χ1) is 19.1. The molecule has 0 atom stereocenters. The molecule has 4 heterocycles. The number of hydrogen-bond acceptors (Lipinski definition) is 8. The Morgan fingerprint density at radius 2 is 1.82 bits per heavy atom. The number of anilines is 3. The van der Waals surface area contributed by atoms with Crippen LogP contribution in [0, 0.1) is 5.82 Å². The van der Waals surface area contributed by atoms with Crippen molar-refractivity contribution in [2.45, 2.75) is 19.6 Å². The van der Waals surface area contributed by atoms with Crippen molar-refractivity contribution in [1.82, 2.24) is 29.5 Å². The second kappa shape index (κ2) is 10.6. The van der Waals surface area contributed by atoms with Crippen molar-refractivity contribution < 1.29 is 27.1 Å². The number of fused-ring (bicyclic) bond motifs is 1. The molecule has 0 unspecified atom stereocenters. The highest BCUT2D eigenvalue weighted by Crippen LogP contribution is 2.31. The van der Waals surface area contributed by atoms with E-state index in [9.17, 15) is 22.4 Å². The maximum Gasteiger partial charge on any atom is 0.433 e. The molecule has 40 heavy (non-hydrogen) atoms. The van der Waals surface area contributed by atoms with E-state index in [1.165, 1.54) is 31.5 Å². The number of carbonyl (C=O) groups excluding carboxylic acids is 1. The summed E-state index contributed by atoms with van der Waals surface area (Å²) < 4.78 is 61.7. The zero-order valence-corrected chi connectivity index (χ0v) is 21.0. The SMILES string of the molecule is COc1ccc(Cn2cnc3c(Nc4cc(NC(C)=O)ncc4F)nc(-c4cccc(C(F)(F)F)n4)nc32)cc1. The second-order valence-corrected chi connectivity index (χ2v) is 8.55.